The summed E-state index contributed by atoms with van der Waals surface area (Å²) < 4.78 is 5.50. The van der Waals surface area contributed by atoms with Crippen molar-refractivity contribution in [2.75, 3.05) is 18.1 Å². The summed E-state index contributed by atoms with van der Waals surface area (Å²) in [5, 5.41) is 7.70. The Morgan fingerprint density at radius 1 is 1.30 bits per heavy atom. The summed E-state index contributed by atoms with van der Waals surface area (Å²) in [5.41, 5.74) is 1.01. The first kappa shape index (κ1) is 13.6. The molecular formula is C15H19N3OS. The van der Waals surface area contributed by atoms with Crippen LogP contribution in [0, 0.1) is 0 Å². The Balaban J connectivity index is 1.76. The van der Waals surface area contributed by atoms with Gasteiger partial charge in [-0.15, -0.1) is 0 Å². The molecule has 5 heteroatoms. The molecular weight excluding hydrogens is 270 g/mol. The Hall–Kier alpha value is -1.33. The molecule has 0 amide bonds. The van der Waals surface area contributed by atoms with E-state index in [-0.39, 0.29) is 0 Å². The fraction of sp³-hybridized carbons (Fsp3) is 0.467. The van der Waals surface area contributed by atoms with Crippen molar-refractivity contribution in [1.29, 1.82) is 0 Å². The Morgan fingerprint density at radius 2 is 2.15 bits per heavy atom. The molecule has 1 aliphatic rings. The van der Waals surface area contributed by atoms with Gasteiger partial charge in [0.25, 0.3) is 0 Å². The maximum Gasteiger partial charge on any atom is 0.232 e. The average molecular weight is 289 g/mol. The second kappa shape index (κ2) is 6.41. The maximum atomic E-state index is 5.50. The van der Waals surface area contributed by atoms with Gasteiger partial charge in [0.05, 0.1) is 5.92 Å². The number of nitrogens with one attached hydrogen (secondary N) is 1. The Bertz CT molecular complexity index is 543. The molecule has 0 bridgehead atoms. The summed E-state index contributed by atoms with van der Waals surface area (Å²) in [6, 6.07) is 10.4. The van der Waals surface area contributed by atoms with Crippen molar-refractivity contribution in [3.05, 3.63) is 36.2 Å². The van der Waals surface area contributed by atoms with E-state index < -0.39 is 0 Å². The summed E-state index contributed by atoms with van der Waals surface area (Å²) in [5.74, 6) is 3.96. The molecule has 1 fully saturated rings. The van der Waals surface area contributed by atoms with Crippen molar-refractivity contribution in [3.63, 3.8) is 0 Å². The lowest BCUT2D eigenvalue weighted by atomic mass is 10.0. The van der Waals surface area contributed by atoms with Crippen LogP contribution in [-0.2, 0) is 0 Å². The second-order valence-corrected chi connectivity index (χ2v) is 6.10. The number of hydrogen-bond donors (Lipinski definition) is 1. The molecule has 1 N–H and O–H groups in total. The standard InChI is InChI=1S/C15H19N3OS/c1-2-8-16-13-10-20-9-12(13)15-17-14(18-19-15)11-6-4-3-5-7-11/h3-7,12-13,16H,2,8-10H2,1H3. The average Bonchev–Trinajstić information content (AvgIpc) is 3.14. The van der Waals surface area contributed by atoms with Crippen LogP contribution in [0.2, 0.25) is 0 Å². The molecule has 2 heterocycles. The first-order chi connectivity index (χ1) is 9.88. The SMILES string of the molecule is CCCNC1CSCC1c1nc(-c2ccccc2)no1. The molecule has 0 spiro atoms. The molecule has 1 aromatic heterocycles. The summed E-state index contributed by atoms with van der Waals surface area (Å²) in [6.45, 7) is 3.23. The third kappa shape index (κ3) is 2.88. The fourth-order valence-electron chi connectivity index (χ4n) is 2.42. The lowest BCUT2D eigenvalue weighted by molar-refractivity contribution is 0.339. The molecule has 106 valence electrons. The van der Waals surface area contributed by atoms with Crippen molar-refractivity contribution >= 4 is 11.8 Å². The van der Waals surface area contributed by atoms with Gasteiger partial charge in [-0.25, -0.2) is 0 Å². The molecule has 1 saturated heterocycles. The van der Waals surface area contributed by atoms with Gasteiger partial charge in [-0.05, 0) is 13.0 Å². The van der Waals surface area contributed by atoms with E-state index in [4.69, 9.17) is 4.52 Å². The molecule has 2 atom stereocenters. The van der Waals surface area contributed by atoms with Gasteiger partial charge < -0.3 is 9.84 Å². The summed E-state index contributed by atoms with van der Waals surface area (Å²) >= 11 is 1.95. The van der Waals surface area contributed by atoms with Crippen LogP contribution in [0.3, 0.4) is 0 Å². The largest absolute Gasteiger partial charge is 0.339 e. The lowest BCUT2D eigenvalue weighted by Gasteiger charge is -2.16. The van der Waals surface area contributed by atoms with Gasteiger partial charge in [-0.2, -0.15) is 16.7 Å². The molecule has 1 aromatic carbocycles. The summed E-state index contributed by atoms with van der Waals surface area (Å²) in [7, 11) is 0. The zero-order valence-electron chi connectivity index (χ0n) is 11.6. The zero-order chi connectivity index (χ0) is 13.8. The van der Waals surface area contributed by atoms with Crippen LogP contribution in [0.5, 0.6) is 0 Å². The quantitative estimate of drug-likeness (QED) is 0.917. The number of benzene rings is 1. The highest BCUT2D eigenvalue weighted by atomic mass is 32.2. The van der Waals surface area contributed by atoms with Crippen molar-refractivity contribution < 1.29 is 4.52 Å². The molecule has 3 rings (SSSR count). The monoisotopic (exact) mass is 289 g/mol. The molecule has 0 radical (unpaired) electrons. The van der Waals surface area contributed by atoms with Gasteiger partial charge in [-0.3, -0.25) is 0 Å². The van der Waals surface area contributed by atoms with Crippen LogP contribution < -0.4 is 5.32 Å². The maximum absolute atomic E-state index is 5.50. The van der Waals surface area contributed by atoms with Crippen LogP contribution in [0.15, 0.2) is 34.9 Å². The van der Waals surface area contributed by atoms with E-state index >= 15 is 0 Å². The normalized spacial score (nSPS) is 22.2. The van der Waals surface area contributed by atoms with E-state index in [1.165, 1.54) is 0 Å². The minimum Gasteiger partial charge on any atom is -0.339 e. The van der Waals surface area contributed by atoms with Gasteiger partial charge >= 0.3 is 0 Å². The molecule has 0 saturated carbocycles. The molecule has 0 aliphatic carbocycles. The number of rotatable bonds is 5. The number of thioether (sulfide) groups is 1. The van der Waals surface area contributed by atoms with Crippen LogP contribution in [0.4, 0.5) is 0 Å². The van der Waals surface area contributed by atoms with Gasteiger partial charge in [0.15, 0.2) is 0 Å². The molecule has 2 unspecified atom stereocenters. The molecule has 1 aliphatic heterocycles. The van der Waals surface area contributed by atoms with Crippen LogP contribution in [0.25, 0.3) is 11.4 Å². The number of aromatic nitrogens is 2. The van der Waals surface area contributed by atoms with Crippen molar-refractivity contribution in [2.45, 2.75) is 25.3 Å². The highest BCUT2D eigenvalue weighted by molar-refractivity contribution is 7.99. The fourth-order valence-corrected chi connectivity index (χ4v) is 3.79. The van der Waals surface area contributed by atoms with Crippen molar-refractivity contribution in [1.82, 2.24) is 15.5 Å². The van der Waals surface area contributed by atoms with Gasteiger partial charge in [0.2, 0.25) is 11.7 Å². The van der Waals surface area contributed by atoms with E-state index in [0.717, 1.165) is 35.9 Å². The summed E-state index contributed by atoms with van der Waals surface area (Å²) in [4.78, 5) is 4.59. The molecule has 4 nitrogen and oxygen atoms in total. The van der Waals surface area contributed by atoms with E-state index in [9.17, 15) is 0 Å². The van der Waals surface area contributed by atoms with Gasteiger partial charge in [0.1, 0.15) is 0 Å². The van der Waals surface area contributed by atoms with Gasteiger partial charge in [0, 0.05) is 23.1 Å². The predicted octanol–water partition coefficient (Wildman–Crippen LogP) is 2.94. The molecule has 2 aromatic rings. The minimum atomic E-state index is 0.330. The Kier molecular flexibility index (Phi) is 4.38. The third-order valence-corrected chi connectivity index (χ3v) is 4.72. The first-order valence-electron chi connectivity index (χ1n) is 7.08. The van der Waals surface area contributed by atoms with Gasteiger partial charge in [-0.1, -0.05) is 42.4 Å². The summed E-state index contributed by atoms with van der Waals surface area (Å²) in [6.07, 6.45) is 1.15. The Labute approximate surface area is 123 Å². The first-order valence-corrected chi connectivity index (χ1v) is 8.24. The second-order valence-electron chi connectivity index (χ2n) is 5.03. The van der Waals surface area contributed by atoms with Crippen molar-refractivity contribution in [3.8, 4) is 11.4 Å². The smallest absolute Gasteiger partial charge is 0.232 e. The predicted molar refractivity (Wildman–Crippen MR) is 81.9 cm³/mol. The van der Waals surface area contributed by atoms with E-state index in [1.807, 2.05) is 42.1 Å². The number of hydrogen-bond acceptors (Lipinski definition) is 5. The van der Waals surface area contributed by atoms with E-state index in [0.29, 0.717) is 17.8 Å². The zero-order valence-corrected chi connectivity index (χ0v) is 12.4. The highest BCUT2D eigenvalue weighted by Gasteiger charge is 2.33. The minimum absolute atomic E-state index is 0.330. The molecule has 20 heavy (non-hydrogen) atoms. The highest BCUT2D eigenvalue weighted by Crippen LogP contribution is 2.32. The van der Waals surface area contributed by atoms with Crippen LogP contribution >= 0.6 is 11.8 Å². The Morgan fingerprint density at radius 3 is 2.95 bits per heavy atom. The van der Waals surface area contributed by atoms with Crippen LogP contribution in [0.1, 0.15) is 25.2 Å². The number of nitrogens with zero attached hydrogens (tertiary/aromatic N) is 2. The topological polar surface area (TPSA) is 51.0 Å². The van der Waals surface area contributed by atoms with Crippen LogP contribution in [-0.4, -0.2) is 34.2 Å². The van der Waals surface area contributed by atoms with Crippen molar-refractivity contribution in [2.24, 2.45) is 0 Å². The lowest BCUT2D eigenvalue weighted by Crippen LogP contribution is -2.34. The van der Waals surface area contributed by atoms with E-state index in [1.54, 1.807) is 0 Å². The third-order valence-electron chi connectivity index (χ3n) is 3.53. The van der Waals surface area contributed by atoms with E-state index in [2.05, 4.69) is 22.4 Å².